The molecule has 0 aromatic carbocycles. The van der Waals surface area contributed by atoms with Crippen molar-refractivity contribution in [2.45, 2.75) is 31.5 Å². The molecule has 0 rings (SSSR count). The fourth-order valence-corrected chi connectivity index (χ4v) is 1.20. The van der Waals surface area contributed by atoms with Crippen molar-refractivity contribution in [3.63, 3.8) is 0 Å². The molecule has 0 bridgehead atoms. The van der Waals surface area contributed by atoms with E-state index in [1.165, 1.54) is 0 Å². The maximum Gasteiger partial charge on any atom is 0.199 e. The first kappa shape index (κ1) is 12.6. The minimum absolute atomic E-state index is 0.134. The fraction of sp³-hybridized carbons (Fsp3) is 0.889. The Morgan fingerprint density at radius 2 is 1.85 bits per heavy atom. The summed E-state index contributed by atoms with van der Waals surface area (Å²) in [5.74, 6) is 0. The molecule has 0 aliphatic carbocycles. The molecule has 4 nitrogen and oxygen atoms in total. The van der Waals surface area contributed by atoms with Crippen LogP contribution >= 0.6 is 0 Å². The summed E-state index contributed by atoms with van der Waals surface area (Å²) < 4.78 is 0. The molecule has 4 heteroatoms. The van der Waals surface area contributed by atoms with Crippen LogP contribution in [0, 0.1) is 0 Å². The third-order valence-electron chi connectivity index (χ3n) is 2.50. The zero-order valence-electron chi connectivity index (χ0n) is 8.90. The van der Waals surface area contributed by atoms with E-state index in [2.05, 4.69) is 22.9 Å². The first-order valence-electron chi connectivity index (χ1n) is 4.52. The lowest BCUT2D eigenvalue weighted by Crippen LogP contribution is -2.54. The fourth-order valence-electron chi connectivity index (χ4n) is 1.20. The maximum atomic E-state index is 10.2. The Morgan fingerprint density at radius 1 is 1.31 bits per heavy atom. The van der Waals surface area contributed by atoms with Crippen LogP contribution in [0.2, 0.25) is 0 Å². The predicted molar refractivity (Wildman–Crippen MR) is 54.3 cm³/mol. The monoisotopic (exact) mass is 186 g/mol. The molecular weight excluding hydrogens is 166 g/mol. The summed E-state index contributed by atoms with van der Waals surface area (Å²) in [5, 5.41) is 9.43. The molecule has 13 heavy (non-hydrogen) atoms. The van der Waals surface area contributed by atoms with Gasteiger partial charge >= 0.3 is 0 Å². The van der Waals surface area contributed by atoms with Crippen molar-refractivity contribution < 1.29 is 4.79 Å². The third-order valence-corrected chi connectivity index (χ3v) is 2.50. The highest BCUT2D eigenvalue weighted by molar-refractivity contribution is 5.51. The second-order valence-corrected chi connectivity index (χ2v) is 3.37. The van der Waals surface area contributed by atoms with Gasteiger partial charge in [0.15, 0.2) is 6.29 Å². The van der Waals surface area contributed by atoms with Crippen molar-refractivity contribution in [1.82, 2.24) is 16.0 Å². The van der Waals surface area contributed by atoms with E-state index in [9.17, 15) is 4.79 Å². The average Bonchev–Trinajstić information content (AvgIpc) is 2.17. The molecule has 0 spiro atoms. The molecule has 0 heterocycles. The number of hydrogen-bond donors (Lipinski definition) is 3. The third kappa shape index (κ3) is 4.36. The molecule has 1 atom stereocenters. The molecule has 0 saturated heterocycles. The Morgan fingerprint density at radius 3 is 2.15 bits per heavy atom. The van der Waals surface area contributed by atoms with E-state index in [0.717, 1.165) is 6.42 Å². The Bertz CT molecular complexity index is 146. The van der Waals surface area contributed by atoms with Gasteiger partial charge in [0.2, 0.25) is 0 Å². The van der Waals surface area contributed by atoms with Crippen LogP contribution < -0.4 is 16.0 Å². The van der Waals surface area contributed by atoms with Crippen molar-refractivity contribution in [2.24, 2.45) is 0 Å². The standard InChI is InChI=1S/C9H20N3O/c1-9(11-3,12-4)7-8(10-2)5-6-13/h8,10-12H,5,7H2,1-4H3. The summed E-state index contributed by atoms with van der Waals surface area (Å²) in [6.07, 6.45) is 3.19. The van der Waals surface area contributed by atoms with Crippen LogP contribution in [-0.4, -0.2) is 39.1 Å². The molecule has 3 N–H and O–H groups in total. The average molecular weight is 186 g/mol. The lowest BCUT2D eigenvalue weighted by atomic mass is 10.0. The van der Waals surface area contributed by atoms with Gasteiger partial charge in [0.05, 0.1) is 5.66 Å². The van der Waals surface area contributed by atoms with Crippen molar-refractivity contribution in [1.29, 1.82) is 0 Å². The van der Waals surface area contributed by atoms with Crippen molar-refractivity contribution in [3.8, 4) is 0 Å². The van der Waals surface area contributed by atoms with E-state index < -0.39 is 0 Å². The first-order valence-corrected chi connectivity index (χ1v) is 4.52. The molecule has 0 fully saturated rings. The van der Waals surface area contributed by atoms with Gasteiger partial charge in [-0.05, 0) is 34.5 Å². The van der Waals surface area contributed by atoms with Gasteiger partial charge in [0, 0.05) is 12.5 Å². The van der Waals surface area contributed by atoms with Gasteiger partial charge < -0.3 is 16.0 Å². The van der Waals surface area contributed by atoms with E-state index >= 15 is 0 Å². The minimum atomic E-state index is -0.134. The second kappa shape index (κ2) is 6.07. The first-order chi connectivity index (χ1) is 6.11. The van der Waals surface area contributed by atoms with E-state index in [1.54, 1.807) is 0 Å². The van der Waals surface area contributed by atoms with Gasteiger partial charge in [0.25, 0.3) is 0 Å². The molecule has 77 valence electrons. The summed E-state index contributed by atoms with van der Waals surface area (Å²) in [6.45, 7) is 2.06. The molecule has 0 aliphatic heterocycles. The highest BCUT2D eigenvalue weighted by Crippen LogP contribution is 2.09. The Kier molecular flexibility index (Phi) is 5.86. The normalized spacial score (nSPS) is 14.2. The number of nitrogens with one attached hydrogen (secondary N) is 3. The molecule has 0 aromatic heterocycles. The molecule has 0 aromatic rings. The topological polar surface area (TPSA) is 53.2 Å². The maximum absolute atomic E-state index is 10.2. The van der Waals surface area contributed by atoms with Gasteiger partial charge in [-0.2, -0.15) is 0 Å². The van der Waals surface area contributed by atoms with Crippen LogP contribution in [0.25, 0.3) is 0 Å². The Hall–Kier alpha value is -0.450. The van der Waals surface area contributed by atoms with Crippen LogP contribution in [0.3, 0.4) is 0 Å². The van der Waals surface area contributed by atoms with Crippen LogP contribution in [0.5, 0.6) is 0 Å². The van der Waals surface area contributed by atoms with Gasteiger partial charge in [0.1, 0.15) is 0 Å². The second-order valence-electron chi connectivity index (χ2n) is 3.37. The van der Waals surface area contributed by atoms with Crippen LogP contribution in [-0.2, 0) is 4.79 Å². The summed E-state index contributed by atoms with van der Waals surface area (Å²) in [4.78, 5) is 10.2. The number of hydrogen-bond acceptors (Lipinski definition) is 4. The highest BCUT2D eigenvalue weighted by atomic mass is 16.1. The van der Waals surface area contributed by atoms with E-state index in [-0.39, 0.29) is 11.7 Å². The molecule has 0 amide bonds. The molecule has 1 unspecified atom stereocenters. The summed E-state index contributed by atoms with van der Waals surface area (Å²) in [6, 6.07) is 0.169. The zero-order chi connectivity index (χ0) is 10.3. The summed E-state index contributed by atoms with van der Waals surface area (Å²) >= 11 is 0. The molecule has 1 radical (unpaired) electrons. The van der Waals surface area contributed by atoms with Gasteiger partial charge in [-0.25, -0.2) is 0 Å². The van der Waals surface area contributed by atoms with Crippen molar-refractivity contribution in [2.75, 3.05) is 21.1 Å². The lowest BCUT2D eigenvalue weighted by Gasteiger charge is -2.32. The smallest absolute Gasteiger partial charge is 0.199 e. The zero-order valence-corrected chi connectivity index (χ0v) is 8.90. The lowest BCUT2D eigenvalue weighted by molar-refractivity contribution is 0.269. The molecular formula is C9H20N3O. The van der Waals surface area contributed by atoms with Crippen molar-refractivity contribution in [3.05, 3.63) is 0 Å². The van der Waals surface area contributed by atoms with Gasteiger partial charge in [-0.15, -0.1) is 0 Å². The van der Waals surface area contributed by atoms with E-state index in [4.69, 9.17) is 0 Å². The number of rotatable bonds is 7. The largest absolute Gasteiger partial charge is 0.316 e. The SMILES string of the molecule is CNC(C[C]=O)CC(C)(NC)NC. The highest BCUT2D eigenvalue weighted by Gasteiger charge is 2.23. The molecule has 0 saturated carbocycles. The Labute approximate surface area is 80.5 Å². The van der Waals surface area contributed by atoms with E-state index in [1.807, 2.05) is 27.4 Å². The van der Waals surface area contributed by atoms with Gasteiger partial charge in [-0.1, -0.05) is 0 Å². The predicted octanol–water partition coefficient (Wildman–Crippen LogP) is -0.381. The quantitative estimate of drug-likeness (QED) is 0.474. The molecule has 0 aliphatic rings. The van der Waals surface area contributed by atoms with Crippen LogP contribution in [0.4, 0.5) is 0 Å². The number of carbonyl (C=O) groups excluding carboxylic acids is 1. The van der Waals surface area contributed by atoms with Crippen LogP contribution in [0.15, 0.2) is 0 Å². The van der Waals surface area contributed by atoms with Crippen molar-refractivity contribution >= 4 is 6.29 Å². The minimum Gasteiger partial charge on any atom is -0.316 e. The van der Waals surface area contributed by atoms with E-state index in [0.29, 0.717) is 6.42 Å². The van der Waals surface area contributed by atoms with Crippen LogP contribution in [0.1, 0.15) is 19.8 Å². The summed E-state index contributed by atoms with van der Waals surface area (Å²) in [5.41, 5.74) is -0.134. The van der Waals surface area contributed by atoms with Gasteiger partial charge in [-0.3, -0.25) is 4.79 Å². The Balaban J connectivity index is 4.09. The summed E-state index contributed by atoms with van der Waals surface area (Å²) in [7, 11) is 5.65.